The van der Waals surface area contributed by atoms with E-state index < -0.39 is 42.4 Å². The maximum absolute atomic E-state index is 12.7. The van der Waals surface area contributed by atoms with Gasteiger partial charge in [-0.25, -0.2) is 0 Å². The monoisotopic (exact) mass is 458 g/mol. The van der Waals surface area contributed by atoms with E-state index in [-0.39, 0.29) is 24.0 Å². The van der Waals surface area contributed by atoms with Crippen molar-refractivity contribution >= 4 is 33.2 Å². The van der Waals surface area contributed by atoms with E-state index in [1.807, 2.05) is 0 Å². The number of halogens is 12. The molecule has 0 aromatic carbocycles. The maximum Gasteiger partial charge on any atom is 0.460 e. The van der Waals surface area contributed by atoms with Gasteiger partial charge in [0.1, 0.15) is 0 Å². The summed E-state index contributed by atoms with van der Waals surface area (Å²) < 4.78 is 135. The van der Waals surface area contributed by atoms with E-state index in [2.05, 4.69) is 0 Å². The van der Waals surface area contributed by atoms with Crippen LogP contribution in [0.4, 0.5) is 48.3 Å². The standard InChI is InChI=1S/C7H6F11P.HI/c8-3(9,1-2-19)4(10,11)5(12,13)6(14,15)7(16,17)18;/h1-2,19H2;1H. The van der Waals surface area contributed by atoms with E-state index in [1.165, 1.54) is 9.24 Å². The summed E-state index contributed by atoms with van der Waals surface area (Å²) in [5, 5.41) is 0. The summed E-state index contributed by atoms with van der Waals surface area (Å²) in [5.74, 6) is -27.2. The number of alkyl halides is 11. The summed E-state index contributed by atoms with van der Waals surface area (Å²) in [6.07, 6.45) is -10.0. The van der Waals surface area contributed by atoms with E-state index in [0.717, 1.165) is 0 Å². The van der Waals surface area contributed by atoms with Crippen molar-refractivity contribution in [1.82, 2.24) is 0 Å². The fourth-order valence-corrected chi connectivity index (χ4v) is 1.31. The van der Waals surface area contributed by atoms with Crippen molar-refractivity contribution in [2.24, 2.45) is 0 Å². The Labute approximate surface area is 124 Å². The summed E-state index contributed by atoms with van der Waals surface area (Å²) in [7, 11) is 1.43. The highest BCUT2D eigenvalue weighted by molar-refractivity contribution is 14.0. The maximum atomic E-state index is 12.7. The highest BCUT2D eigenvalue weighted by Crippen LogP contribution is 2.57. The molecule has 1 atom stereocenters. The molecule has 1 unspecified atom stereocenters. The van der Waals surface area contributed by atoms with Crippen molar-refractivity contribution in [3.05, 3.63) is 0 Å². The van der Waals surface area contributed by atoms with Gasteiger partial charge in [-0.15, -0.1) is 33.2 Å². The molecule has 0 amide bonds. The van der Waals surface area contributed by atoms with Gasteiger partial charge in [0, 0.05) is 6.42 Å². The Bertz CT molecular complexity index is 323. The van der Waals surface area contributed by atoms with Crippen LogP contribution in [0.2, 0.25) is 0 Å². The normalized spacial score (nSPS) is 15.0. The lowest BCUT2D eigenvalue weighted by atomic mass is 9.96. The largest absolute Gasteiger partial charge is 0.460 e. The van der Waals surface area contributed by atoms with Gasteiger partial charge < -0.3 is 0 Å². The van der Waals surface area contributed by atoms with Gasteiger partial charge in [0.2, 0.25) is 0 Å². The second-order valence-corrected chi connectivity index (χ2v) is 4.04. The van der Waals surface area contributed by atoms with Gasteiger partial charge >= 0.3 is 29.9 Å². The lowest BCUT2D eigenvalue weighted by molar-refractivity contribution is -0.422. The molecule has 0 aromatic heterocycles. The van der Waals surface area contributed by atoms with Crippen LogP contribution in [-0.4, -0.2) is 36.0 Å². The lowest BCUT2D eigenvalue weighted by Crippen LogP contribution is -2.66. The molecule has 0 bridgehead atoms. The SMILES string of the molecule is FC(F)(F)C(F)(F)C(F)(F)C(F)(F)C(F)(F)CCP.I. The molecular weight excluding hydrogens is 451 g/mol. The summed E-state index contributed by atoms with van der Waals surface area (Å²) in [6, 6.07) is 0. The molecule has 0 aromatic rings. The Kier molecular flexibility index (Phi) is 7.08. The summed E-state index contributed by atoms with van der Waals surface area (Å²) in [6.45, 7) is 0. The third kappa shape index (κ3) is 3.41. The second-order valence-electron chi connectivity index (χ2n) is 3.46. The van der Waals surface area contributed by atoms with Crippen molar-refractivity contribution in [1.29, 1.82) is 0 Å². The lowest BCUT2D eigenvalue weighted by Gasteiger charge is -2.37. The van der Waals surface area contributed by atoms with E-state index in [0.29, 0.717) is 0 Å². The third-order valence-corrected chi connectivity index (χ3v) is 2.35. The quantitative estimate of drug-likeness (QED) is 0.310. The first-order valence-corrected chi connectivity index (χ1v) is 5.16. The van der Waals surface area contributed by atoms with Gasteiger partial charge in [0.05, 0.1) is 0 Å². The molecule has 0 radical (unpaired) electrons. The van der Waals surface area contributed by atoms with Crippen LogP contribution in [-0.2, 0) is 0 Å². The summed E-state index contributed by atoms with van der Waals surface area (Å²) >= 11 is 0. The van der Waals surface area contributed by atoms with Crippen molar-refractivity contribution in [2.45, 2.75) is 36.3 Å². The van der Waals surface area contributed by atoms with Crippen molar-refractivity contribution in [2.75, 3.05) is 6.16 Å². The average molecular weight is 458 g/mol. The zero-order valence-corrected chi connectivity index (χ0v) is 12.5. The Morgan fingerprint density at radius 2 is 0.950 bits per heavy atom. The van der Waals surface area contributed by atoms with E-state index >= 15 is 0 Å². The third-order valence-electron chi connectivity index (χ3n) is 2.06. The van der Waals surface area contributed by atoms with Gasteiger partial charge in [-0.05, 0) is 6.16 Å². The van der Waals surface area contributed by atoms with Crippen LogP contribution in [0.15, 0.2) is 0 Å². The molecule has 0 saturated heterocycles. The minimum Gasteiger partial charge on any atom is -0.200 e. The fourth-order valence-electron chi connectivity index (χ4n) is 0.943. The smallest absolute Gasteiger partial charge is 0.200 e. The Morgan fingerprint density at radius 3 is 1.20 bits per heavy atom. The molecule has 20 heavy (non-hydrogen) atoms. The predicted octanol–water partition coefficient (Wildman–Crippen LogP) is 4.97. The van der Waals surface area contributed by atoms with Crippen molar-refractivity contribution in [3.8, 4) is 0 Å². The topological polar surface area (TPSA) is 0 Å². The molecular formula is C7H7F11IP. The Balaban J connectivity index is 0. The van der Waals surface area contributed by atoms with Crippen molar-refractivity contribution < 1.29 is 48.3 Å². The fraction of sp³-hybridized carbons (Fsp3) is 1.00. The Hall–Kier alpha value is 0.390. The van der Waals surface area contributed by atoms with E-state index in [1.54, 1.807) is 0 Å². The second kappa shape index (κ2) is 6.25. The minimum atomic E-state index is -7.30. The molecule has 0 N–H and O–H groups in total. The zero-order valence-electron chi connectivity index (χ0n) is 9.06. The predicted molar refractivity (Wildman–Crippen MR) is 60.5 cm³/mol. The molecule has 0 spiro atoms. The van der Waals surface area contributed by atoms with Crippen LogP contribution >= 0.6 is 33.2 Å². The summed E-state index contributed by atoms with van der Waals surface area (Å²) in [4.78, 5) is 0. The van der Waals surface area contributed by atoms with Gasteiger partial charge in [-0.2, -0.15) is 48.3 Å². The number of hydrogen-bond acceptors (Lipinski definition) is 0. The minimum absolute atomic E-state index is 0. The molecule has 124 valence electrons. The average Bonchev–Trinajstić information content (AvgIpc) is 2.14. The first-order valence-electron chi connectivity index (χ1n) is 4.34. The highest BCUT2D eigenvalue weighted by Gasteiger charge is 2.86. The highest BCUT2D eigenvalue weighted by atomic mass is 127. The van der Waals surface area contributed by atoms with Gasteiger partial charge in [0.25, 0.3) is 0 Å². The molecule has 13 heteroatoms. The number of hydrogen-bond donors (Lipinski definition) is 0. The molecule has 0 aliphatic rings. The zero-order chi connectivity index (χ0) is 15.9. The van der Waals surface area contributed by atoms with Crippen LogP contribution in [0.1, 0.15) is 6.42 Å². The van der Waals surface area contributed by atoms with Gasteiger partial charge in [0.15, 0.2) is 0 Å². The molecule has 0 aliphatic heterocycles. The van der Waals surface area contributed by atoms with Gasteiger partial charge in [-0.1, -0.05) is 0 Å². The molecule has 0 saturated carbocycles. The number of rotatable bonds is 5. The van der Waals surface area contributed by atoms with Crippen LogP contribution in [0, 0.1) is 0 Å². The molecule has 0 aliphatic carbocycles. The first-order chi connectivity index (χ1) is 8.06. The Morgan fingerprint density at radius 1 is 0.600 bits per heavy atom. The molecule has 0 rings (SSSR count). The molecule has 0 fully saturated rings. The van der Waals surface area contributed by atoms with Crippen molar-refractivity contribution in [3.63, 3.8) is 0 Å². The van der Waals surface area contributed by atoms with Crippen LogP contribution in [0.25, 0.3) is 0 Å². The van der Waals surface area contributed by atoms with E-state index in [9.17, 15) is 48.3 Å². The van der Waals surface area contributed by atoms with E-state index in [4.69, 9.17) is 0 Å². The molecule has 0 nitrogen and oxygen atoms in total. The summed E-state index contributed by atoms with van der Waals surface area (Å²) in [5.41, 5.74) is 0. The van der Waals surface area contributed by atoms with Gasteiger partial charge in [-0.3, -0.25) is 0 Å². The van der Waals surface area contributed by atoms with Crippen LogP contribution in [0.3, 0.4) is 0 Å². The van der Waals surface area contributed by atoms with Crippen LogP contribution < -0.4 is 0 Å². The first kappa shape index (κ1) is 22.7. The molecule has 0 heterocycles. The van der Waals surface area contributed by atoms with Crippen LogP contribution in [0.5, 0.6) is 0 Å².